The summed E-state index contributed by atoms with van der Waals surface area (Å²) in [4.78, 5) is 35.5. The highest BCUT2D eigenvalue weighted by Crippen LogP contribution is 2.44. The van der Waals surface area contributed by atoms with E-state index in [0.29, 0.717) is 0 Å². The lowest BCUT2D eigenvalue weighted by Crippen LogP contribution is -2.18. The van der Waals surface area contributed by atoms with Crippen molar-refractivity contribution in [3.8, 4) is 17.2 Å². The van der Waals surface area contributed by atoms with Gasteiger partial charge in [0.2, 0.25) is 5.78 Å². The van der Waals surface area contributed by atoms with Crippen LogP contribution in [0, 0.1) is 0 Å². The molecule has 0 radical (unpaired) electrons. The third-order valence-electron chi connectivity index (χ3n) is 3.55. The van der Waals surface area contributed by atoms with Crippen LogP contribution in [0.3, 0.4) is 0 Å². The fourth-order valence-corrected chi connectivity index (χ4v) is 2.46. The van der Waals surface area contributed by atoms with Crippen LogP contribution >= 0.6 is 0 Å². The lowest BCUT2D eigenvalue weighted by Gasteiger charge is -2.21. The van der Waals surface area contributed by atoms with E-state index in [2.05, 4.69) is 0 Å². The smallest absolute Gasteiger partial charge is 0.221 e. The molecule has 7 heteroatoms. The minimum absolute atomic E-state index is 0.00300. The van der Waals surface area contributed by atoms with Crippen LogP contribution in [0.25, 0.3) is 5.57 Å². The van der Waals surface area contributed by atoms with Gasteiger partial charge in [-0.2, -0.15) is 0 Å². The van der Waals surface area contributed by atoms with Gasteiger partial charge >= 0.3 is 0 Å². The van der Waals surface area contributed by atoms with Gasteiger partial charge in [0.25, 0.3) is 0 Å². The minimum Gasteiger partial charge on any atom is -0.508 e. The Morgan fingerprint density at radius 2 is 1.83 bits per heavy atom. The third-order valence-corrected chi connectivity index (χ3v) is 3.55. The molecule has 0 amide bonds. The predicted octanol–water partition coefficient (Wildman–Crippen LogP) is 1.20. The monoisotopic (exact) mass is 326 g/mol. The summed E-state index contributed by atoms with van der Waals surface area (Å²) in [5.41, 5.74) is -0.265. The Bertz CT molecular complexity index is 925. The zero-order chi connectivity index (χ0) is 17.4. The molecule has 1 heterocycles. The lowest BCUT2D eigenvalue weighted by atomic mass is 9.87. The van der Waals surface area contributed by atoms with E-state index in [0.717, 1.165) is 24.5 Å². The van der Waals surface area contributed by atoms with E-state index in [4.69, 9.17) is 9.47 Å². The number of phenols is 2. The van der Waals surface area contributed by atoms with Crippen molar-refractivity contribution in [2.24, 2.45) is 0 Å². The Labute approximate surface area is 135 Å². The van der Waals surface area contributed by atoms with E-state index in [9.17, 15) is 24.6 Å². The van der Waals surface area contributed by atoms with Crippen molar-refractivity contribution in [3.63, 3.8) is 0 Å². The number of phenolic OH excluding ortho intramolecular Hbond substituents is 2. The molecule has 0 bridgehead atoms. The average Bonchev–Trinajstić information content (AvgIpc) is 2.55. The average molecular weight is 326 g/mol. The van der Waals surface area contributed by atoms with Gasteiger partial charge in [0.1, 0.15) is 29.5 Å². The molecule has 1 aliphatic carbocycles. The van der Waals surface area contributed by atoms with Crippen LogP contribution in [-0.2, 0) is 19.1 Å². The molecule has 0 unspecified atom stereocenters. The Morgan fingerprint density at radius 1 is 1.08 bits per heavy atom. The van der Waals surface area contributed by atoms with E-state index in [1.54, 1.807) is 5.94 Å². The molecular formula is C17H10O7. The van der Waals surface area contributed by atoms with Crippen molar-refractivity contribution in [1.82, 2.24) is 0 Å². The Kier molecular flexibility index (Phi) is 3.56. The Hall–Kier alpha value is -3.57. The SMILES string of the molecule is COC1=CC(=O)C(C2=COc3cc(O)cc(O)c3C2=C=O)=CC1=O. The maximum absolute atomic E-state index is 12.2. The lowest BCUT2D eigenvalue weighted by molar-refractivity contribution is -0.117. The first-order chi connectivity index (χ1) is 11.5. The van der Waals surface area contributed by atoms with Crippen LogP contribution in [0.2, 0.25) is 0 Å². The molecule has 3 rings (SSSR count). The number of methoxy groups -OCH3 is 1. The summed E-state index contributed by atoms with van der Waals surface area (Å²) >= 11 is 0. The van der Waals surface area contributed by atoms with Gasteiger partial charge in [-0.25, -0.2) is 4.79 Å². The fourth-order valence-electron chi connectivity index (χ4n) is 2.46. The van der Waals surface area contributed by atoms with Gasteiger partial charge < -0.3 is 19.7 Å². The Balaban J connectivity index is 2.12. The second-order valence-corrected chi connectivity index (χ2v) is 4.96. The number of allylic oxidation sites excluding steroid dienone is 5. The molecule has 1 aliphatic heterocycles. The summed E-state index contributed by atoms with van der Waals surface area (Å²) in [6.07, 6.45) is 3.12. The highest BCUT2D eigenvalue weighted by molar-refractivity contribution is 6.24. The topological polar surface area (TPSA) is 110 Å². The molecule has 7 nitrogen and oxygen atoms in total. The zero-order valence-electron chi connectivity index (χ0n) is 12.3. The van der Waals surface area contributed by atoms with Crippen molar-refractivity contribution in [2.45, 2.75) is 0 Å². The largest absolute Gasteiger partial charge is 0.508 e. The number of benzene rings is 1. The number of fused-ring (bicyclic) bond motifs is 1. The first-order valence-corrected chi connectivity index (χ1v) is 6.71. The number of carbonyl (C=O) groups is 2. The molecule has 2 aliphatic rings. The number of ether oxygens (including phenoxy) is 2. The van der Waals surface area contributed by atoms with Gasteiger partial charge in [-0.15, -0.1) is 0 Å². The molecular weight excluding hydrogens is 316 g/mol. The summed E-state index contributed by atoms with van der Waals surface area (Å²) in [5.74, 6) is -0.226. The molecule has 0 spiro atoms. The van der Waals surface area contributed by atoms with Crippen LogP contribution in [0.5, 0.6) is 17.2 Å². The summed E-state index contributed by atoms with van der Waals surface area (Å²) < 4.78 is 10.1. The highest BCUT2D eigenvalue weighted by Gasteiger charge is 2.31. The van der Waals surface area contributed by atoms with Gasteiger partial charge in [-0.3, -0.25) is 9.59 Å². The minimum atomic E-state index is -0.559. The maximum Gasteiger partial charge on any atom is 0.221 e. The first kappa shape index (κ1) is 15.3. The molecule has 0 saturated carbocycles. The van der Waals surface area contributed by atoms with Crippen LogP contribution < -0.4 is 4.74 Å². The van der Waals surface area contributed by atoms with Crippen molar-refractivity contribution in [2.75, 3.05) is 7.11 Å². The van der Waals surface area contributed by atoms with E-state index >= 15 is 0 Å². The Morgan fingerprint density at radius 3 is 2.50 bits per heavy atom. The first-order valence-electron chi connectivity index (χ1n) is 6.71. The molecule has 0 atom stereocenters. The van der Waals surface area contributed by atoms with Crippen LogP contribution in [0.4, 0.5) is 0 Å². The van der Waals surface area contributed by atoms with E-state index in [-0.39, 0.29) is 39.5 Å². The van der Waals surface area contributed by atoms with E-state index < -0.39 is 17.3 Å². The second-order valence-electron chi connectivity index (χ2n) is 4.96. The fraction of sp³-hybridized carbons (Fsp3) is 0.0588. The standard InChI is InChI=1S/C17H10O7/c1-23-15-5-12(20)9(4-13(15)21)11-7-24-16-3-8(19)2-14(22)17(16)10(11)6-18/h2-5,7,19,22H,1H3. The molecule has 0 fully saturated rings. The van der Waals surface area contributed by atoms with Crippen molar-refractivity contribution >= 4 is 23.1 Å². The number of hydrogen-bond donors (Lipinski definition) is 2. The van der Waals surface area contributed by atoms with Crippen molar-refractivity contribution in [3.05, 3.63) is 53.0 Å². The quantitative estimate of drug-likeness (QED) is 0.620. The second kappa shape index (κ2) is 5.57. The molecule has 120 valence electrons. The molecule has 24 heavy (non-hydrogen) atoms. The molecule has 1 aromatic carbocycles. The summed E-state index contributed by atoms with van der Waals surface area (Å²) in [5, 5.41) is 19.5. The van der Waals surface area contributed by atoms with Crippen LogP contribution in [0.1, 0.15) is 5.56 Å². The number of aromatic hydroxyl groups is 2. The van der Waals surface area contributed by atoms with Gasteiger partial charge in [0.05, 0.1) is 18.2 Å². The molecule has 0 saturated heterocycles. The number of carbonyl (C=O) groups excluding carboxylic acids is 3. The molecule has 0 aromatic heterocycles. The van der Waals surface area contributed by atoms with Crippen LogP contribution in [0.15, 0.2) is 47.5 Å². The van der Waals surface area contributed by atoms with Gasteiger partial charge in [0, 0.05) is 35.4 Å². The third kappa shape index (κ3) is 2.29. The van der Waals surface area contributed by atoms with Crippen molar-refractivity contribution in [1.29, 1.82) is 0 Å². The highest BCUT2D eigenvalue weighted by atomic mass is 16.5. The molecule has 2 N–H and O–H groups in total. The normalized spacial score (nSPS) is 16.4. The predicted molar refractivity (Wildman–Crippen MR) is 80.8 cm³/mol. The summed E-state index contributed by atoms with van der Waals surface area (Å²) in [6.45, 7) is 0. The number of rotatable bonds is 2. The number of ketones is 2. The maximum atomic E-state index is 12.2. The van der Waals surface area contributed by atoms with Gasteiger partial charge in [-0.05, 0) is 0 Å². The van der Waals surface area contributed by atoms with Crippen molar-refractivity contribution < 1.29 is 34.1 Å². The molecule has 1 aromatic rings. The summed E-state index contributed by atoms with van der Waals surface area (Å²) in [6, 6.07) is 2.22. The zero-order valence-corrected chi connectivity index (χ0v) is 12.3. The summed E-state index contributed by atoms with van der Waals surface area (Å²) in [7, 11) is 1.26. The number of hydrogen-bond acceptors (Lipinski definition) is 7. The van der Waals surface area contributed by atoms with E-state index in [1.807, 2.05) is 0 Å². The van der Waals surface area contributed by atoms with Gasteiger partial charge in [-0.1, -0.05) is 0 Å². The van der Waals surface area contributed by atoms with Gasteiger partial charge in [0.15, 0.2) is 11.5 Å². The van der Waals surface area contributed by atoms with Crippen LogP contribution in [-0.4, -0.2) is 34.8 Å². The van der Waals surface area contributed by atoms with E-state index in [1.165, 1.54) is 13.2 Å².